The molecule has 2 N–H and O–H groups in total. The third-order valence-electron chi connectivity index (χ3n) is 2.30. The second-order valence-electron chi connectivity index (χ2n) is 4.36. The smallest absolute Gasteiger partial charge is 0.405 e. The summed E-state index contributed by atoms with van der Waals surface area (Å²) in [6, 6.07) is 2.96. The molecule has 19 heavy (non-hydrogen) atoms. The highest BCUT2D eigenvalue weighted by Crippen LogP contribution is 2.26. The molecule has 0 saturated carbocycles. The van der Waals surface area contributed by atoms with Gasteiger partial charge in [-0.25, -0.2) is 0 Å². The molecule has 7 heteroatoms. The van der Waals surface area contributed by atoms with Gasteiger partial charge in [0.2, 0.25) is 5.88 Å². The molecule has 0 fully saturated rings. The quantitative estimate of drug-likeness (QED) is 0.899. The summed E-state index contributed by atoms with van der Waals surface area (Å²) in [6.07, 6.45) is -4.43. The van der Waals surface area contributed by atoms with E-state index in [4.69, 9.17) is 10.5 Å². The molecule has 0 amide bonds. The average molecular weight is 277 g/mol. The van der Waals surface area contributed by atoms with Gasteiger partial charge in [0.1, 0.15) is 12.4 Å². The highest BCUT2D eigenvalue weighted by Gasteiger charge is 2.31. The van der Waals surface area contributed by atoms with Gasteiger partial charge in [-0.2, -0.15) is 18.2 Å². The number of nitrogens with two attached hydrogens (primary N) is 1. The van der Waals surface area contributed by atoms with Crippen molar-refractivity contribution in [3.8, 4) is 5.88 Å². The minimum absolute atomic E-state index is 0.150. The first-order chi connectivity index (χ1) is 8.73. The van der Waals surface area contributed by atoms with E-state index in [0.29, 0.717) is 5.69 Å². The average Bonchev–Trinajstić information content (AvgIpc) is 2.27. The van der Waals surface area contributed by atoms with Crippen molar-refractivity contribution in [2.24, 2.45) is 0 Å². The highest BCUT2D eigenvalue weighted by molar-refractivity contribution is 5.54. The van der Waals surface area contributed by atoms with Crippen LogP contribution in [0.3, 0.4) is 0 Å². The zero-order chi connectivity index (χ0) is 14.6. The van der Waals surface area contributed by atoms with Gasteiger partial charge in [-0.3, -0.25) is 0 Å². The van der Waals surface area contributed by atoms with Crippen LogP contribution in [0, 0.1) is 0 Å². The molecule has 4 nitrogen and oxygen atoms in total. The lowest BCUT2D eigenvalue weighted by atomic mass is 10.3. The first-order valence-electron chi connectivity index (χ1n) is 5.97. The molecule has 0 aromatic carbocycles. The fourth-order valence-corrected chi connectivity index (χ4v) is 1.51. The van der Waals surface area contributed by atoms with Crippen LogP contribution in [0.25, 0.3) is 0 Å². The van der Waals surface area contributed by atoms with Crippen molar-refractivity contribution in [2.45, 2.75) is 33.1 Å². The van der Waals surface area contributed by atoms with Gasteiger partial charge in [-0.05, 0) is 32.9 Å². The molecule has 1 rings (SSSR count). The minimum atomic E-state index is -4.28. The van der Waals surface area contributed by atoms with Gasteiger partial charge in [0.15, 0.2) is 0 Å². The maximum absolute atomic E-state index is 12.4. The molecular weight excluding hydrogens is 259 g/mol. The first kappa shape index (κ1) is 15.4. The Hall–Kier alpha value is -1.66. The van der Waals surface area contributed by atoms with Gasteiger partial charge >= 0.3 is 6.18 Å². The molecule has 0 bridgehead atoms. The summed E-state index contributed by atoms with van der Waals surface area (Å²) in [6.45, 7) is 4.36. The van der Waals surface area contributed by atoms with Crippen molar-refractivity contribution < 1.29 is 17.9 Å². The van der Waals surface area contributed by atoms with Gasteiger partial charge in [-0.15, -0.1) is 0 Å². The summed E-state index contributed by atoms with van der Waals surface area (Å²) in [5, 5.41) is 0. The Balaban J connectivity index is 2.98. The predicted octanol–water partition coefficient (Wildman–Crippen LogP) is 2.84. The van der Waals surface area contributed by atoms with Gasteiger partial charge in [0.05, 0.1) is 11.8 Å². The summed E-state index contributed by atoms with van der Waals surface area (Å²) >= 11 is 0. The van der Waals surface area contributed by atoms with Gasteiger partial charge in [0, 0.05) is 6.54 Å². The summed E-state index contributed by atoms with van der Waals surface area (Å²) < 4.78 is 42.7. The fourth-order valence-electron chi connectivity index (χ4n) is 1.51. The Labute approximate surface area is 110 Å². The number of hydrogen-bond acceptors (Lipinski definition) is 4. The molecule has 0 aliphatic carbocycles. The van der Waals surface area contributed by atoms with Gasteiger partial charge in [-0.1, -0.05) is 0 Å². The van der Waals surface area contributed by atoms with Crippen LogP contribution in [0.2, 0.25) is 0 Å². The Kier molecular flexibility index (Phi) is 4.85. The van der Waals surface area contributed by atoms with Crippen molar-refractivity contribution in [3.05, 3.63) is 12.1 Å². The lowest BCUT2D eigenvalue weighted by Gasteiger charge is -2.24. The Bertz CT molecular complexity index is 421. The number of anilines is 2. The predicted molar refractivity (Wildman–Crippen MR) is 68.4 cm³/mol. The molecular formula is C12H18F3N3O. The first-order valence-corrected chi connectivity index (χ1v) is 5.97. The van der Waals surface area contributed by atoms with Crippen LogP contribution < -0.4 is 15.4 Å². The monoisotopic (exact) mass is 277 g/mol. The van der Waals surface area contributed by atoms with Crippen molar-refractivity contribution in [2.75, 3.05) is 23.7 Å². The number of aromatic nitrogens is 1. The molecule has 0 aliphatic heterocycles. The highest BCUT2D eigenvalue weighted by atomic mass is 19.4. The van der Waals surface area contributed by atoms with Crippen LogP contribution in [-0.4, -0.2) is 30.4 Å². The normalized spacial score (nSPS) is 11.7. The molecule has 0 spiro atoms. The number of alkyl halides is 3. The fraction of sp³-hybridized carbons (Fsp3) is 0.583. The van der Waals surface area contributed by atoms with Crippen molar-refractivity contribution in [1.82, 2.24) is 4.98 Å². The third-order valence-corrected chi connectivity index (χ3v) is 2.30. The summed E-state index contributed by atoms with van der Waals surface area (Å²) in [5.41, 5.74) is 5.98. The molecule has 0 saturated heterocycles. The lowest BCUT2D eigenvalue weighted by Crippen LogP contribution is -2.34. The number of nitrogen functional groups attached to an aromatic ring is 1. The molecule has 1 aromatic rings. The van der Waals surface area contributed by atoms with Crippen LogP contribution >= 0.6 is 0 Å². The lowest BCUT2D eigenvalue weighted by molar-refractivity contribution is -0.119. The maximum Gasteiger partial charge on any atom is 0.405 e. The van der Waals surface area contributed by atoms with E-state index in [-0.39, 0.29) is 24.3 Å². The summed E-state index contributed by atoms with van der Waals surface area (Å²) in [4.78, 5) is 5.16. The SMILES string of the molecule is CCN(CC(F)(F)F)c1ccc(N)c(OC(C)C)n1. The van der Waals surface area contributed by atoms with Crippen LogP contribution in [0.1, 0.15) is 20.8 Å². The zero-order valence-electron chi connectivity index (χ0n) is 11.2. The van der Waals surface area contributed by atoms with E-state index in [1.165, 1.54) is 12.1 Å². The van der Waals surface area contributed by atoms with E-state index in [9.17, 15) is 13.2 Å². The van der Waals surface area contributed by atoms with Crippen molar-refractivity contribution >= 4 is 11.5 Å². The van der Waals surface area contributed by atoms with E-state index in [1.807, 2.05) is 0 Å². The van der Waals surface area contributed by atoms with E-state index in [1.54, 1.807) is 20.8 Å². The molecule has 0 unspecified atom stereocenters. The summed E-state index contributed by atoms with van der Waals surface area (Å²) in [5.74, 6) is 0.359. The topological polar surface area (TPSA) is 51.4 Å². The zero-order valence-corrected chi connectivity index (χ0v) is 11.2. The largest absolute Gasteiger partial charge is 0.473 e. The molecule has 0 radical (unpaired) electrons. The minimum Gasteiger partial charge on any atom is -0.473 e. The van der Waals surface area contributed by atoms with E-state index in [2.05, 4.69) is 4.98 Å². The van der Waals surface area contributed by atoms with Gasteiger partial charge in [0.25, 0.3) is 0 Å². The van der Waals surface area contributed by atoms with Gasteiger partial charge < -0.3 is 15.4 Å². The molecule has 108 valence electrons. The van der Waals surface area contributed by atoms with Crippen molar-refractivity contribution in [3.63, 3.8) is 0 Å². The van der Waals surface area contributed by atoms with Crippen molar-refractivity contribution in [1.29, 1.82) is 0 Å². The number of rotatable bonds is 5. The second-order valence-corrected chi connectivity index (χ2v) is 4.36. The number of hydrogen-bond donors (Lipinski definition) is 1. The Morgan fingerprint density at radius 3 is 2.47 bits per heavy atom. The molecule has 1 heterocycles. The van der Waals surface area contributed by atoms with E-state index in [0.717, 1.165) is 4.90 Å². The number of pyridine rings is 1. The Morgan fingerprint density at radius 1 is 1.37 bits per heavy atom. The Morgan fingerprint density at radius 2 is 2.00 bits per heavy atom. The van der Waals surface area contributed by atoms with Crippen LogP contribution in [0.5, 0.6) is 5.88 Å². The molecule has 0 aliphatic rings. The maximum atomic E-state index is 12.4. The van der Waals surface area contributed by atoms with Crippen LogP contribution in [0.4, 0.5) is 24.7 Å². The molecule has 1 aromatic heterocycles. The van der Waals surface area contributed by atoms with Crippen LogP contribution in [0.15, 0.2) is 12.1 Å². The number of nitrogens with zero attached hydrogens (tertiary/aromatic N) is 2. The standard InChI is InChI=1S/C12H18F3N3O/c1-4-18(7-12(13,14)15)10-6-5-9(16)11(17-10)19-8(2)3/h5-6,8H,4,7,16H2,1-3H3. The second kappa shape index (κ2) is 5.99. The summed E-state index contributed by atoms with van der Waals surface area (Å²) in [7, 11) is 0. The van der Waals surface area contributed by atoms with E-state index < -0.39 is 12.7 Å². The number of ether oxygens (including phenoxy) is 1. The van der Waals surface area contributed by atoms with E-state index >= 15 is 0 Å². The molecule has 0 atom stereocenters. The third kappa shape index (κ3) is 4.84. The van der Waals surface area contributed by atoms with Crippen LogP contribution in [-0.2, 0) is 0 Å². The number of halogens is 3.